The molecule has 2 aromatic heterocycles. The number of sulfonamides is 1. The van der Waals surface area contributed by atoms with E-state index >= 15 is 0 Å². The number of carbonyl (C=O) groups is 1. The zero-order chi connectivity index (χ0) is 27.9. The van der Waals surface area contributed by atoms with Gasteiger partial charge in [-0.15, -0.1) is 0 Å². The van der Waals surface area contributed by atoms with Gasteiger partial charge in [-0.2, -0.15) is 5.10 Å². The van der Waals surface area contributed by atoms with E-state index in [0.717, 1.165) is 0 Å². The minimum absolute atomic E-state index is 0.0324. The summed E-state index contributed by atoms with van der Waals surface area (Å²) in [6.07, 6.45) is 3.68. The molecule has 1 N–H and O–H groups in total. The lowest BCUT2D eigenvalue weighted by molar-refractivity contribution is -0.137. The van der Waals surface area contributed by atoms with Gasteiger partial charge in [-0.25, -0.2) is 17.8 Å². The highest BCUT2D eigenvalue weighted by Crippen LogP contribution is 2.39. The van der Waals surface area contributed by atoms with Crippen molar-refractivity contribution in [2.45, 2.75) is 30.8 Å². The molecular formula is C27H24ClFN4O5S. The number of hydrogen-bond donors (Lipinski definition) is 1. The number of ether oxygens (including phenoxy) is 1. The second kappa shape index (κ2) is 10.3. The molecule has 1 aliphatic heterocycles. The van der Waals surface area contributed by atoms with Crippen LogP contribution in [0.5, 0.6) is 5.75 Å². The van der Waals surface area contributed by atoms with Crippen molar-refractivity contribution in [2.24, 2.45) is 7.05 Å². The molecule has 0 saturated carbocycles. The minimum atomic E-state index is -4.14. The number of aliphatic carboxylic acids is 1. The van der Waals surface area contributed by atoms with Crippen LogP contribution >= 0.6 is 11.6 Å². The molecule has 202 valence electrons. The highest BCUT2D eigenvalue weighted by atomic mass is 35.5. The molecule has 0 fully saturated rings. The molecule has 3 heterocycles. The molecule has 0 spiro atoms. The van der Waals surface area contributed by atoms with Gasteiger partial charge in [0.15, 0.2) is 5.65 Å². The molecule has 2 aromatic carbocycles. The molecule has 39 heavy (non-hydrogen) atoms. The number of halogens is 2. The average molecular weight is 571 g/mol. The normalized spacial score (nSPS) is 15.5. The van der Waals surface area contributed by atoms with Crippen LogP contribution in [-0.4, -0.2) is 46.9 Å². The van der Waals surface area contributed by atoms with Gasteiger partial charge in [-0.05, 0) is 55.3 Å². The van der Waals surface area contributed by atoms with Gasteiger partial charge in [0.1, 0.15) is 22.6 Å². The average Bonchev–Trinajstić information content (AvgIpc) is 3.19. The predicted molar refractivity (Wildman–Crippen MR) is 146 cm³/mol. The molecule has 1 aliphatic rings. The number of aromatic nitrogens is 3. The molecule has 5 rings (SSSR count). The van der Waals surface area contributed by atoms with Crippen molar-refractivity contribution in [3.63, 3.8) is 0 Å². The van der Waals surface area contributed by atoms with E-state index in [1.54, 1.807) is 49.0 Å². The van der Waals surface area contributed by atoms with Crippen molar-refractivity contribution in [2.75, 3.05) is 10.8 Å². The number of benzene rings is 2. The van der Waals surface area contributed by atoms with Crippen molar-refractivity contribution < 1.29 is 27.4 Å². The van der Waals surface area contributed by atoms with Gasteiger partial charge in [-0.1, -0.05) is 29.8 Å². The van der Waals surface area contributed by atoms with Crippen LogP contribution in [0.1, 0.15) is 29.7 Å². The zero-order valence-electron chi connectivity index (χ0n) is 21.0. The smallest absolute Gasteiger partial charge is 0.303 e. The zero-order valence-corrected chi connectivity index (χ0v) is 22.6. The molecule has 0 amide bonds. The summed E-state index contributed by atoms with van der Waals surface area (Å²) in [5.74, 6) is -1.21. The molecule has 12 heteroatoms. The lowest BCUT2D eigenvalue weighted by Gasteiger charge is -2.35. The SMILES string of the molecule is Cc1nn(C)c2ncc(S(=O)(=O)N3C[C@H](CCC(=O)O)Oc4ccc(/C=C/c5c(F)cccc5Cl)cc43)cc12. The third-order valence-electron chi connectivity index (χ3n) is 6.46. The number of carboxylic acid groups (broad SMARTS) is 1. The number of aryl methyl sites for hydroxylation is 2. The minimum Gasteiger partial charge on any atom is -0.486 e. The van der Waals surface area contributed by atoms with E-state index in [1.165, 1.54) is 34.8 Å². The Hall–Kier alpha value is -3.96. The van der Waals surface area contributed by atoms with Crippen molar-refractivity contribution in [3.05, 3.63) is 76.3 Å². The Bertz CT molecular complexity index is 1720. The Morgan fingerprint density at radius 1 is 1.26 bits per heavy atom. The molecule has 9 nitrogen and oxygen atoms in total. The number of rotatable bonds is 7. The number of carboxylic acids is 1. The second-order valence-corrected chi connectivity index (χ2v) is 11.4. The van der Waals surface area contributed by atoms with E-state index in [0.29, 0.717) is 22.3 Å². The third kappa shape index (κ3) is 5.19. The summed E-state index contributed by atoms with van der Waals surface area (Å²) in [5.41, 5.74) is 2.24. The van der Waals surface area contributed by atoms with E-state index in [9.17, 15) is 17.6 Å². The largest absolute Gasteiger partial charge is 0.486 e. The van der Waals surface area contributed by atoms with Crippen molar-refractivity contribution in [1.29, 1.82) is 0 Å². The van der Waals surface area contributed by atoms with E-state index < -0.39 is 27.9 Å². The van der Waals surface area contributed by atoms with E-state index in [-0.39, 0.29) is 46.3 Å². The molecule has 4 aromatic rings. The number of anilines is 1. The molecule has 0 unspecified atom stereocenters. The van der Waals surface area contributed by atoms with Crippen LogP contribution < -0.4 is 9.04 Å². The van der Waals surface area contributed by atoms with Crippen LogP contribution in [0, 0.1) is 12.7 Å². The molecule has 1 atom stereocenters. The maximum atomic E-state index is 14.2. The monoisotopic (exact) mass is 570 g/mol. The van der Waals surface area contributed by atoms with Gasteiger partial charge in [0.25, 0.3) is 10.0 Å². The Kier molecular flexibility index (Phi) is 7.04. The van der Waals surface area contributed by atoms with Gasteiger partial charge in [-0.3, -0.25) is 13.8 Å². The quantitative estimate of drug-likeness (QED) is 0.309. The number of pyridine rings is 1. The highest BCUT2D eigenvalue weighted by Gasteiger charge is 2.35. The Morgan fingerprint density at radius 3 is 2.79 bits per heavy atom. The molecule has 0 saturated heterocycles. The number of hydrogen-bond acceptors (Lipinski definition) is 6. The number of nitrogens with zero attached hydrogens (tertiary/aromatic N) is 4. The Balaban J connectivity index is 1.57. The van der Waals surface area contributed by atoms with Crippen molar-refractivity contribution >= 4 is 56.5 Å². The molecule has 0 bridgehead atoms. The van der Waals surface area contributed by atoms with Gasteiger partial charge in [0.2, 0.25) is 0 Å². The first-order valence-electron chi connectivity index (χ1n) is 12.0. The van der Waals surface area contributed by atoms with Crippen LogP contribution in [0.3, 0.4) is 0 Å². The lowest BCUT2D eigenvalue weighted by Crippen LogP contribution is -2.43. The van der Waals surface area contributed by atoms with Crippen LogP contribution in [0.4, 0.5) is 10.1 Å². The van der Waals surface area contributed by atoms with E-state index in [2.05, 4.69) is 10.1 Å². The predicted octanol–water partition coefficient (Wildman–Crippen LogP) is 5.06. The standard InChI is InChI=1S/C27H24ClFN4O5S/c1-16-21-13-19(14-30-27(21)32(2)31-16)39(36,37)33-15-18(8-11-26(34)35)38-25-10-7-17(12-24(25)33)6-9-20-22(28)4-3-5-23(20)29/h3-7,9-10,12-14,18H,8,11,15H2,1-2H3,(H,34,35)/b9-6+/t18-/m0/s1. The lowest BCUT2D eigenvalue weighted by atomic mass is 10.1. The number of fused-ring (bicyclic) bond motifs is 2. The first-order valence-corrected chi connectivity index (χ1v) is 13.8. The summed E-state index contributed by atoms with van der Waals surface area (Å²) >= 11 is 6.13. The van der Waals surface area contributed by atoms with Gasteiger partial charge in [0.05, 0.1) is 22.9 Å². The second-order valence-electron chi connectivity index (χ2n) is 9.16. The van der Waals surface area contributed by atoms with Crippen molar-refractivity contribution in [3.8, 4) is 5.75 Å². The van der Waals surface area contributed by atoms with Crippen molar-refractivity contribution in [1.82, 2.24) is 14.8 Å². The van der Waals surface area contributed by atoms with Crippen LogP contribution in [-0.2, 0) is 21.9 Å². The van der Waals surface area contributed by atoms with Crippen LogP contribution in [0.2, 0.25) is 5.02 Å². The first kappa shape index (κ1) is 26.6. The fraction of sp³-hybridized carbons (Fsp3) is 0.222. The maximum Gasteiger partial charge on any atom is 0.303 e. The fourth-order valence-electron chi connectivity index (χ4n) is 4.50. The first-order chi connectivity index (χ1) is 18.5. The summed E-state index contributed by atoms with van der Waals surface area (Å²) in [5, 5.41) is 14.3. The molecule has 0 aliphatic carbocycles. The maximum absolute atomic E-state index is 14.2. The summed E-state index contributed by atoms with van der Waals surface area (Å²) in [6.45, 7) is 1.67. The summed E-state index contributed by atoms with van der Waals surface area (Å²) < 4.78 is 51.0. The molecule has 0 radical (unpaired) electrons. The van der Waals surface area contributed by atoms with E-state index in [4.69, 9.17) is 21.4 Å². The topological polar surface area (TPSA) is 115 Å². The van der Waals surface area contributed by atoms with Crippen LogP contribution in [0.15, 0.2) is 53.6 Å². The Morgan fingerprint density at radius 2 is 2.05 bits per heavy atom. The highest BCUT2D eigenvalue weighted by molar-refractivity contribution is 7.92. The van der Waals surface area contributed by atoms with E-state index in [1.807, 2.05) is 0 Å². The summed E-state index contributed by atoms with van der Waals surface area (Å²) in [4.78, 5) is 15.5. The fourth-order valence-corrected chi connectivity index (χ4v) is 6.20. The van der Waals surface area contributed by atoms with Crippen LogP contribution in [0.25, 0.3) is 23.2 Å². The Labute approximate surface area is 229 Å². The van der Waals surface area contributed by atoms with Gasteiger partial charge >= 0.3 is 5.97 Å². The third-order valence-corrected chi connectivity index (χ3v) is 8.54. The van der Waals surface area contributed by atoms with Gasteiger partial charge < -0.3 is 9.84 Å². The summed E-state index contributed by atoms with van der Waals surface area (Å²) in [6, 6.07) is 10.8. The van der Waals surface area contributed by atoms with Gasteiger partial charge in [0, 0.05) is 30.6 Å². The summed E-state index contributed by atoms with van der Waals surface area (Å²) in [7, 11) is -2.41. The molecular weight excluding hydrogens is 547 g/mol.